The molecule has 0 spiro atoms. The molecule has 9 heteroatoms. The predicted molar refractivity (Wildman–Crippen MR) is 134 cm³/mol. The minimum atomic E-state index is -0.473. The molecule has 31 heavy (non-hydrogen) atoms. The third-order valence-electron chi connectivity index (χ3n) is 5.42. The second-order valence-corrected chi connectivity index (χ2v) is 9.00. The molecule has 0 aliphatic heterocycles. The highest BCUT2D eigenvalue weighted by Gasteiger charge is 2.25. The Morgan fingerprint density at radius 1 is 1.19 bits per heavy atom. The molecule has 1 aliphatic carbocycles. The van der Waals surface area contributed by atoms with Crippen molar-refractivity contribution in [3.8, 4) is 0 Å². The average Bonchev–Trinajstić information content (AvgIpc) is 3.14. The summed E-state index contributed by atoms with van der Waals surface area (Å²) in [4.78, 5) is 16.3. The number of nitrogens with zero attached hydrogens (tertiary/aromatic N) is 2. The van der Waals surface area contributed by atoms with Gasteiger partial charge in [-0.15, -0.1) is 24.0 Å². The third kappa shape index (κ3) is 9.65. The number of nitrogens with one attached hydrogen (secondary N) is 3. The van der Waals surface area contributed by atoms with Crippen molar-refractivity contribution in [3.05, 3.63) is 17.5 Å². The molecule has 1 saturated carbocycles. The standard InChI is InChI=1S/C22H39N5O3.HI/c1-7-15(8-2)19-13-18(30-27-19)14-24-20(23-6)25-16-9-11-17(12-10-16)26-21(28)29-22(3,4)5;/h13,15-17H,7-12,14H2,1-6H3,(H,26,28)(H2,23,24,25);1H. The lowest BCUT2D eigenvalue weighted by Crippen LogP contribution is -2.47. The number of aliphatic imine (C=N–C) groups is 1. The highest BCUT2D eigenvalue weighted by Crippen LogP contribution is 2.22. The van der Waals surface area contributed by atoms with Crippen molar-refractivity contribution in [2.24, 2.45) is 4.99 Å². The fourth-order valence-corrected chi connectivity index (χ4v) is 3.73. The summed E-state index contributed by atoms with van der Waals surface area (Å²) >= 11 is 0. The zero-order valence-electron chi connectivity index (χ0n) is 19.8. The summed E-state index contributed by atoms with van der Waals surface area (Å²) in [6, 6.07) is 2.51. The lowest BCUT2D eigenvalue weighted by atomic mass is 9.91. The summed E-state index contributed by atoms with van der Waals surface area (Å²) in [5, 5.41) is 14.0. The van der Waals surface area contributed by atoms with Crippen molar-refractivity contribution in [3.63, 3.8) is 0 Å². The Morgan fingerprint density at radius 3 is 2.29 bits per heavy atom. The molecule has 1 aliphatic rings. The van der Waals surface area contributed by atoms with Crippen LogP contribution in [0.3, 0.4) is 0 Å². The first-order valence-corrected chi connectivity index (χ1v) is 11.2. The van der Waals surface area contributed by atoms with E-state index in [9.17, 15) is 4.79 Å². The smallest absolute Gasteiger partial charge is 0.407 e. The van der Waals surface area contributed by atoms with E-state index in [0.717, 1.165) is 55.9 Å². The molecule has 8 nitrogen and oxygen atoms in total. The molecule has 1 fully saturated rings. The summed E-state index contributed by atoms with van der Waals surface area (Å²) in [5.41, 5.74) is 0.551. The first kappa shape index (κ1) is 27.5. The molecule has 1 amide bonds. The minimum absolute atomic E-state index is 0. The van der Waals surface area contributed by atoms with Gasteiger partial charge in [-0.05, 0) is 59.3 Å². The number of carbonyl (C=O) groups is 1. The van der Waals surface area contributed by atoms with Crippen LogP contribution in [0.1, 0.15) is 90.5 Å². The number of rotatable bonds is 7. The van der Waals surface area contributed by atoms with Crippen LogP contribution in [-0.2, 0) is 11.3 Å². The van der Waals surface area contributed by atoms with Crippen LogP contribution >= 0.6 is 24.0 Å². The van der Waals surface area contributed by atoms with Gasteiger partial charge in [-0.3, -0.25) is 4.99 Å². The molecular formula is C22H40IN5O3. The summed E-state index contributed by atoms with van der Waals surface area (Å²) in [7, 11) is 1.76. The van der Waals surface area contributed by atoms with Crippen LogP contribution in [0.2, 0.25) is 0 Å². The van der Waals surface area contributed by atoms with E-state index in [-0.39, 0.29) is 36.1 Å². The monoisotopic (exact) mass is 549 g/mol. The first-order valence-electron chi connectivity index (χ1n) is 11.2. The van der Waals surface area contributed by atoms with Crippen molar-refractivity contribution in [2.45, 2.75) is 103 Å². The molecule has 1 aromatic rings. The van der Waals surface area contributed by atoms with Gasteiger partial charge < -0.3 is 25.2 Å². The van der Waals surface area contributed by atoms with E-state index < -0.39 is 5.60 Å². The largest absolute Gasteiger partial charge is 0.444 e. The lowest BCUT2D eigenvalue weighted by molar-refractivity contribution is 0.0490. The van der Waals surface area contributed by atoms with Gasteiger partial charge >= 0.3 is 6.09 Å². The van der Waals surface area contributed by atoms with E-state index in [1.807, 2.05) is 26.8 Å². The molecular weight excluding hydrogens is 509 g/mol. The number of aromatic nitrogens is 1. The number of alkyl carbamates (subject to hydrolysis) is 1. The maximum atomic E-state index is 11.9. The van der Waals surface area contributed by atoms with Crippen molar-refractivity contribution in [1.82, 2.24) is 21.1 Å². The molecule has 3 N–H and O–H groups in total. The fourth-order valence-electron chi connectivity index (χ4n) is 3.73. The normalized spacial score (nSPS) is 19.5. The van der Waals surface area contributed by atoms with Gasteiger partial charge in [0.2, 0.25) is 0 Å². The molecule has 0 atom stereocenters. The number of hydrogen-bond donors (Lipinski definition) is 3. The Morgan fingerprint density at radius 2 is 1.77 bits per heavy atom. The fraction of sp³-hybridized carbons (Fsp3) is 0.773. The Bertz CT molecular complexity index is 690. The molecule has 0 saturated heterocycles. The number of hydrogen-bond acceptors (Lipinski definition) is 5. The molecule has 0 unspecified atom stereocenters. The van der Waals surface area contributed by atoms with E-state index in [2.05, 4.69) is 39.9 Å². The summed E-state index contributed by atoms with van der Waals surface area (Å²) in [6.45, 7) is 10.5. The van der Waals surface area contributed by atoms with Crippen LogP contribution < -0.4 is 16.0 Å². The van der Waals surface area contributed by atoms with Gasteiger partial charge in [-0.25, -0.2) is 4.79 Å². The van der Waals surface area contributed by atoms with E-state index in [4.69, 9.17) is 9.26 Å². The van der Waals surface area contributed by atoms with Crippen LogP contribution in [0.15, 0.2) is 15.6 Å². The maximum absolute atomic E-state index is 11.9. The zero-order chi connectivity index (χ0) is 22.1. The number of carbonyl (C=O) groups excluding carboxylic acids is 1. The van der Waals surface area contributed by atoms with Gasteiger partial charge in [-0.1, -0.05) is 19.0 Å². The van der Waals surface area contributed by atoms with Gasteiger partial charge in [0.25, 0.3) is 0 Å². The molecule has 1 heterocycles. The van der Waals surface area contributed by atoms with Crippen molar-refractivity contribution >= 4 is 36.0 Å². The molecule has 0 bridgehead atoms. The van der Waals surface area contributed by atoms with Crippen LogP contribution in [0.5, 0.6) is 0 Å². The Hall–Kier alpha value is -1.52. The number of ether oxygens (including phenoxy) is 1. The Labute approximate surface area is 203 Å². The van der Waals surface area contributed by atoms with Gasteiger partial charge in [0.05, 0.1) is 12.2 Å². The molecule has 2 rings (SSSR count). The maximum Gasteiger partial charge on any atom is 0.407 e. The molecule has 1 aromatic heterocycles. The SMILES string of the molecule is CCC(CC)c1cc(CNC(=NC)NC2CCC(NC(=O)OC(C)(C)C)CC2)on1.I. The van der Waals surface area contributed by atoms with Crippen LogP contribution in [0, 0.1) is 0 Å². The lowest BCUT2D eigenvalue weighted by Gasteiger charge is -2.31. The van der Waals surface area contributed by atoms with Crippen molar-refractivity contribution in [1.29, 1.82) is 0 Å². The van der Waals surface area contributed by atoms with Crippen molar-refractivity contribution < 1.29 is 14.1 Å². The highest BCUT2D eigenvalue weighted by molar-refractivity contribution is 14.0. The first-order chi connectivity index (χ1) is 14.2. The summed E-state index contributed by atoms with van der Waals surface area (Å²) < 4.78 is 10.8. The van der Waals surface area contributed by atoms with Gasteiger partial charge in [0.15, 0.2) is 11.7 Å². The molecule has 0 radical (unpaired) electrons. The van der Waals surface area contributed by atoms with E-state index in [0.29, 0.717) is 18.5 Å². The Balaban J connectivity index is 0.00000480. The summed E-state index contributed by atoms with van der Waals surface area (Å²) in [5.74, 6) is 2.01. The average molecular weight is 549 g/mol. The van der Waals surface area contributed by atoms with Gasteiger partial charge in [-0.2, -0.15) is 0 Å². The van der Waals surface area contributed by atoms with Gasteiger partial charge in [0.1, 0.15) is 5.60 Å². The summed E-state index contributed by atoms with van der Waals surface area (Å²) in [6.07, 6.45) is 5.53. The zero-order valence-corrected chi connectivity index (χ0v) is 22.1. The van der Waals surface area contributed by atoms with E-state index in [1.54, 1.807) is 7.05 Å². The second kappa shape index (κ2) is 13.1. The second-order valence-electron chi connectivity index (χ2n) is 9.00. The minimum Gasteiger partial charge on any atom is -0.444 e. The predicted octanol–water partition coefficient (Wildman–Crippen LogP) is 4.70. The third-order valence-corrected chi connectivity index (χ3v) is 5.42. The van der Waals surface area contributed by atoms with Crippen LogP contribution in [-0.4, -0.2) is 41.9 Å². The van der Waals surface area contributed by atoms with E-state index >= 15 is 0 Å². The number of halogens is 1. The number of amides is 1. The Kier molecular flexibility index (Phi) is 11.6. The van der Waals surface area contributed by atoms with E-state index in [1.165, 1.54) is 0 Å². The quantitative estimate of drug-likeness (QED) is 0.259. The van der Waals surface area contributed by atoms with Gasteiger partial charge in [0, 0.05) is 31.1 Å². The topological polar surface area (TPSA) is 101 Å². The molecule has 178 valence electrons. The van der Waals surface area contributed by atoms with Crippen LogP contribution in [0.25, 0.3) is 0 Å². The number of guanidine groups is 1. The molecule has 0 aromatic carbocycles. The van der Waals surface area contributed by atoms with Crippen molar-refractivity contribution in [2.75, 3.05) is 7.05 Å². The van der Waals surface area contributed by atoms with Crippen LogP contribution in [0.4, 0.5) is 4.79 Å². The highest BCUT2D eigenvalue weighted by atomic mass is 127.